The van der Waals surface area contributed by atoms with Crippen molar-refractivity contribution in [2.75, 3.05) is 13.7 Å². The molecule has 0 atom stereocenters. The molecule has 0 saturated heterocycles. The van der Waals surface area contributed by atoms with E-state index in [0.717, 1.165) is 5.56 Å². The molecule has 0 bridgehead atoms. The molecule has 0 saturated carbocycles. The van der Waals surface area contributed by atoms with Gasteiger partial charge >= 0.3 is 0 Å². The number of methoxy groups -OCH3 is 1. The van der Waals surface area contributed by atoms with Gasteiger partial charge in [-0.25, -0.2) is 0 Å². The third-order valence-electron chi connectivity index (χ3n) is 1.95. The number of ether oxygens (including phenoxy) is 2. The standard InChI is InChI=1S/C12H15N3O2S/c1-3-7-17-11-9(8-14-15-12(13)18)5-4-6-10(11)16-2/h3-6,8H,1,7H2,2H3,(H3,13,15,18)/b14-8+. The van der Waals surface area contributed by atoms with Crippen LogP contribution in [0.3, 0.4) is 0 Å². The molecule has 0 radical (unpaired) electrons. The normalized spacial score (nSPS) is 10.1. The second-order valence-electron chi connectivity index (χ2n) is 3.21. The molecule has 1 aromatic carbocycles. The van der Waals surface area contributed by atoms with Gasteiger partial charge in [0.25, 0.3) is 0 Å². The van der Waals surface area contributed by atoms with E-state index >= 15 is 0 Å². The Morgan fingerprint density at radius 1 is 1.61 bits per heavy atom. The number of para-hydroxylation sites is 1. The summed E-state index contributed by atoms with van der Waals surface area (Å²) < 4.78 is 10.8. The van der Waals surface area contributed by atoms with E-state index in [0.29, 0.717) is 18.1 Å². The zero-order chi connectivity index (χ0) is 13.4. The van der Waals surface area contributed by atoms with Crippen LogP contribution in [0, 0.1) is 0 Å². The summed E-state index contributed by atoms with van der Waals surface area (Å²) in [5.41, 5.74) is 8.50. The van der Waals surface area contributed by atoms with Crippen molar-refractivity contribution < 1.29 is 9.47 Å². The van der Waals surface area contributed by atoms with E-state index in [2.05, 4.69) is 29.3 Å². The lowest BCUT2D eigenvalue weighted by atomic mass is 10.2. The summed E-state index contributed by atoms with van der Waals surface area (Å²) in [4.78, 5) is 0. The Hall–Kier alpha value is -2.08. The molecule has 0 heterocycles. The van der Waals surface area contributed by atoms with Crippen molar-refractivity contribution in [1.29, 1.82) is 0 Å². The first-order valence-electron chi connectivity index (χ1n) is 5.18. The van der Waals surface area contributed by atoms with Crippen molar-refractivity contribution in [1.82, 2.24) is 5.43 Å². The summed E-state index contributed by atoms with van der Waals surface area (Å²) in [6, 6.07) is 5.48. The summed E-state index contributed by atoms with van der Waals surface area (Å²) in [5.74, 6) is 1.21. The van der Waals surface area contributed by atoms with Crippen LogP contribution in [0.4, 0.5) is 0 Å². The minimum Gasteiger partial charge on any atom is -0.493 e. The number of rotatable bonds is 6. The van der Waals surface area contributed by atoms with Crippen molar-refractivity contribution >= 4 is 23.5 Å². The molecule has 3 N–H and O–H groups in total. The van der Waals surface area contributed by atoms with E-state index in [9.17, 15) is 0 Å². The Kier molecular flexibility index (Phi) is 5.66. The zero-order valence-electron chi connectivity index (χ0n) is 10.1. The summed E-state index contributed by atoms with van der Waals surface area (Å²) >= 11 is 4.65. The minimum absolute atomic E-state index is 0.0997. The van der Waals surface area contributed by atoms with Gasteiger partial charge in [-0.05, 0) is 24.4 Å². The predicted octanol–water partition coefficient (Wildman–Crippen LogP) is 1.43. The molecule has 0 aliphatic heterocycles. The summed E-state index contributed by atoms with van der Waals surface area (Å²) in [6.07, 6.45) is 3.21. The van der Waals surface area contributed by atoms with Gasteiger partial charge in [-0.3, -0.25) is 5.43 Å². The quantitative estimate of drug-likeness (QED) is 0.352. The van der Waals surface area contributed by atoms with Gasteiger partial charge in [-0.15, -0.1) is 0 Å². The maximum atomic E-state index is 5.54. The highest BCUT2D eigenvalue weighted by molar-refractivity contribution is 7.80. The fourth-order valence-electron chi connectivity index (χ4n) is 1.26. The van der Waals surface area contributed by atoms with Crippen LogP contribution in [0.5, 0.6) is 11.5 Å². The summed E-state index contributed by atoms with van der Waals surface area (Å²) in [6.45, 7) is 3.98. The molecule has 0 aliphatic rings. The van der Waals surface area contributed by atoms with Crippen LogP contribution in [-0.4, -0.2) is 25.0 Å². The van der Waals surface area contributed by atoms with Crippen molar-refractivity contribution in [2.45, 2.75) is 0 Å². The van der Waals surface area contributed by atoms with E-state index in [-0.39, 0.29) is 5.11 Å². The molecule has 0 amide bonds. The molecule has 1 rings (SSSR count). The maximum Gasteiger partial charge on any atom is 0.184 e. The van der Waals surface area contributed by atoms with E-state index in [1.165, 1.54) is 0 Å². The van der Waals surface area contributed by atoms with Gasteiger partial charge in [0.1, 0.15) is 6.61 Å². The van der Waals surface area contributed by atoms with Gasteiger partial charge in [0.15, 0.2) is 16.6 Å². The topological polar surface area (TPSA) is 68.9 Å². The molecule has 0 spiro atoms. The van der Waals surface area contributed by atoms with Gasteiger partial charge in [-0.2, -0.15) is 5.10 Å². The van der Waals surface area contributed by atoms with Crippen LogP contribution < -0.4 is 20.6 Å². The van der Waals surface area contributed by atoms with Crippen molar-refractivity contribution in [3.8, 4) is 11.5 Å². The third kappa shape index (κ3) is 4.06. The van der Waals surface area contributed by atoms with Crippen molar-refractivity contribution in [2.24, 2.45) is 10.8 Å². The number of hydrogen-bond acceptors (Lipinski definition) is 4. The van der Waals surface area contributed by atoms with Crippen LogP contribution in [0.25, 0.3) is 0 Å². The van der Waals surface area contributed by atoms with Crippen LogP contribution in [0.1, 0.15) is 5.56 Å². The van der Waals surface area contributed by atoms with Gasteiger partial charge in [0, 0.05) is 5.56 Å². The highest BCUT2D eigenvalue weighted by atomic mass is 32.1. The molecule has 18 heavy (non-hydrogen) atoms. The largest absolute Gasteiger partial charge is 0.493 e. The maximum absolute atomic E-state index is 5.54. The SMILES string of the molecule is C=CCOc1c(/C=N/NC(N)=S)cccc1OC. The molecule has 5 nitrogen and oxygen atoms in total. The number of benzene rings is 1. The molecule has 96 valence electrons. The van der Waals surface area contributed by atoms with Gasteiger partial charge in [-0.1, -0.05) is 18.7 Å². The van der Waals surface area contributed by atoms with Crippen molar-refractivity contribution in [3.05, 3.63) is 36.4 Å². The Morgan fingerprint density at radius 2 is 2.39 bits per heavy atom. The second kappa shape index (κ2) is 7.29. The fourth-order valence-corrected chi connectivity index (χ4v) is 1.31. The lowest BCUT2D eigenvalue weighted by Crippen LogP contribution is -2.24. The number of nitrogens with two attached hydrogens (primary N) is 1. The van der Waals surface area contributed by atoms with E-state index in [1.807, 2.05) is 12.1 Å². The first-order valence-corrected chi connectivity index (χ1v) is 5.59. The molecule has 0 fully saturated rings. The smallest absolute Gasteiger partial charge is 0.184 e. The number of nitrogens with zero attached hydrogens (tertiary/aromatic N) is 1. The van der Waals surface area contributed by atoms with E-state index in [1.54, 1.807) is 25.5 Å². The number of hydrazone groups is 1. The molecule has 0 aromatic heterocycles. The zero-order valence-corrected chi connectivity index (χ0v) is 10.9. The fraction of sp³-hybridized carbons (Fsp3) is 0.167. The minimum atomic E-state index is 0.0997. The highest BCUT2D eigenvalue weighted by Crippen LogP contribution is 2.29. The van der Waals surface area contributed by atoms with Gasteiger partial charge in [0.2, 0.25) is 0 Å². The molecule has 1 aromatic rings. The lowest BCUT2D eigenvalue weighted by Gasteiger charge is -2.11. The number of thiocarbonyl (C=S) groups is 1. The van der Waals surface area contributed by atoms with Crippen LogP contribution >= 0.6 is 12.2 Å². The van der Waals surface area contributed by atoms with Crippen molar-refractivity contribution in [3.63, 3.8) is 0 Å². The van der Waals surface area contributed by atoms with E-state index < -0.39 is 0 Å². The average Bonchev–Trinajstić information content (AvgIpc) is 2.36. The third-order valence-corrected chi connectivity index (χ3v) is 2.04. The summed E-state index contributed by atoms with van der Waals surface area (Å²) in [5, 5.41) is 3.98. The van der Waals surface area contributed by atoms with E-state index in [4.69, 9.17) is 15.2 Å². The van der Waals surface area contributed by atoms with Crippen LogP contribution in [0.15, 0.2) is 36.0 Å². The highest BCUT2D eigenvalue weighted by Gasteiger charge is 2.08. The molecule has 0 aliphatic carbocycles. The number of hydrogen-bond donors (Lipinski definition) is 2. The lowest BCUT2D eigenvalue weighted by molar-refractivity contribution is 0.326. The van der Waals surface area contributed by atoms with Crippen LogP contribution in [0.2, 0.25) is 0 Å². The Balaban J connectivity index is 2.97. The Morgan fingerprint density at radius 3 is 3.00 bits per heavy atom. The average molecular weight is 265 g/mol. The monoisotopic (exact) mass is 265 g/mol. The Bertz CT molecular complexity index is 461. The van der Waals surface area contributed by atoms with Gasteiger partial charge < -0.3 is 15.2 Å². The molecular formula is C12H15N3O2S. The molecule has 6 heteroatoms. The first kappa shape index (κ1) is 14.0. The first-order chi connectivity index (χ1) is 8.69. The number of nitrogens with one attached hydrogen (secondary N) is 1. The van der Waals surface area contributed by atoms with Crippen LogP contribution in [-0.2, 0) is 0 Å². The Labute approximate surface area is 111 Å². The molecule has 0 unspecified atom stereocenters. The van der Waals surface area contributed by atoms with Gasteiger partial charge in [0.05, 0.1) is 13.3 Å². The summed E-state index contributed by atoms with van der Waals surface area (Å²) in [7, 11) is 1.57. The predicted molar refractivity (Wildman–Crippen MR) is 76.2 cm³/mol. The second-order valence-corrected chi connectivity index (χ2v) is 3.65. The molecular weight excluding hydrogens is 250 g/mol.